The second-order valence-corrected chi connectivity index (χ2v) is 5.32. The maximum absolute atomic E-state index is 6.05. The fourth-order valence-electron chi connectivity index (χ4n) is 2.04. The first-order chi connectivity index (χ1) is 9.76. The van der Waals surface area contributed by atoms with Crippen molar-refractivity contribution in [1.29, 1.82) is 0 Å². The SMILES string of the molecule is CSc1ccc(Nc2cc3c(cc2N)OCCO3)cc1. The molecule has 0 fully saturated rings. The van der Waals surface area contributed by atoms with E-state index in [2.05, 4.69) is 23.7 Å². The molecule has 0 saturated carbocycles. The summed E-state index contributed by atoms with van der Waals surface area (Å²) in [7, 11) is 0. The molecule has 0 unspecified atom stereocenters. The van der Waals surface area contributed by atoms with Gasteiger partial charge in [-0.05, 0) is 30.5 Å². The number of anilines is 3. The summed E-state index contributed by atoms with van der Waals surface area (Å²) in [5.74, 6) is 1.44. The summed E-state index contributed by atoms with van der Waals surface area (Å²) in [5.41, 5.74) is 8.51. The largest absolute Gasteiger partial charge is 0.486 e. The molecule has 0 aliphatic carbocycles. The zero-order valence-electron chi connectivity index (χ0n) is 11.2. The van der Waals surface area contributed by atoms with Crippen LogP contribution in [0, 0.1) is 0 Å². The van der Waals surface area contributed by atoms with Crippen LogP contribution in [0.25, 0.3) is 0 Å². The maximum atomic E-state index is 6.05. The lowest BCUT2D eigenvalue weighted by Crippen LogP contribution is -2.15. The van der Waals surface area contributed by atoms with Crippen LogP contribution in [-0.2, 0) is 0 Å². The minimum absolute atomic E-state index is 0.565. The van der Waals surface area contributed by atoms with Crippen LogP contribution in [0.5, 0.6) is 11.5 Å². The monoisotopic (exact) mass is 288 g/mol. The molecule has 20 heavy (non-hydrogen) atoms. The smallest absolute Gasteiger partial charge is 0.163 e. The van der Waals surface area contributed by atoms with Gasteiger partial charge in [0.15, 0.2) is 11.5 Å². The quantitative estimate of drug-likeness (QED) is 0.668. The first kappa shape index (κ1) is 13.0. The fourth-order valence-corrected chi connectivity index (χ4v) is 2.45. The molecule has 1 heterocycles. The second-order valence-electron chi connectivity index (χ2n) is 4.44. The Morgan fingerprint density at radius 3 is 2.35 bits per heavy atom. The van der Waals surface area contributed by atoms with Crippen LogP contribution in [0.2, 0.25) is 0 Å². The van der Waals surface area contributed by atoms with E-state index in [1.54, 1.807) is 17.8 Å². The molecule has 0 atom stereocenters. The van der Waals surface area contributed by atoms with Crippen molar-refractivity contribution in [1.82, 2.24) is 0 Å². The number of nitrogens with two attached hydrogens (primary N) is 1. The average Bonchev–Trinajstić information content (AvgIpc) is 2.49. The highest BCUT2D eigenvalue weighted by Gasteiger charge is 2.14. The molecule has 2 aromatic carbocycles. The number of fused-ring (bicyclic) bond motifs is 1. The van der Waals surface area contributed by atoms with Gasteiger partial charge in [0.25, 0.3) is 0 Å². The minimum atomic E-state index is 0.565. The number of nitrogens with one attached hydrogen (secondary N) is 1. The number of thioether (sulfide) groups is 1. The highest BCUT2D eigenvalue weighted by molar-refractivity contribution is 7.98. The van der Waals surface area contributed by atoms with Gasteiger partial charge >= 0.3 is 0 Å². The molecule has 0 radical (unpaired) electrons. The van der Waals surface area contributed by atoms with E-state index in [4.69, 9.17) is 15.2 Å². The Balaban J connectivity index is 1.86. The van der Waals surface area contributed by atoms with Gasteiger partial charge < -0.3 is 20.5 Å². The number of nitrogen functional groups attached to an aromatic ring is 1. The molecule has 1 aliphatic heterocycles. The van der Waals surface area contributed by atoms with Gasteiger partial charge in [-0.25, -0.2) is 0 Å². The Labute approximate surface area is 122 Å². The van der Waals surface area contributed by atoms with E-state index in [-0.39, 0.29) is 0 Å². The summed E-state index contributed by atoms with van der Waals surface area (Å²) in [6, 6.07) is 11.9. The number of hydrogen-bond donors (Lipinski definition) is 2. The van der Waals surface area contributed by atoms with Gasteiger partial charge in [-0.2, -0.15) is 0 Å². The molecular formula is C15H16N2O2S. The highest BCUT2D eigenvalue weighted by Crippen LogP contribution is 2.38. The lowest BCUT2D eigenvalue weighted by Gasteiger charge is -2.20. The highest BCUT2D eigenvalue weighted by atomic mass is 32.2. The van der Waals surface area contributed by atoms with E-state index in [0.717, 1.165) is 17.1 Å². The van der Waals surface area contributed by atoms with Crippen LogP contribution in [0.4, 0.5) is 17.1 Å². The summed E-state index contributed by atoms with van der Waals surface area (Å²) >= 11 is 1.72. The van der Waals surface area contributed by atoms with Gasteiger partial charge in [-0.15, -0.1) is 11.8 Å². The van der Waals surface area contributed by atoms with Crippen molar-refractivity contribution in [3.8, 4) is 11.5 Å². The van der Waals surface area contributed by atoms with Gasteiger partial charge in [0, 0.05) is 22.7 Å². The predicted octanol–water partition coefficient (Wildman–Crippen LogP) is 3.51. The Morgan fingerprint density at radius 2 is 1.70 bits per heavy atom. The van der Waals surface area contributed by atoms with Crippen LogP contribution in [0.1, 0.15) is 0 Å². The van der Waals surface area contributed by atoms with Crippen molar-refractivity contribution in [3.63, 3.8) is 0 Å². The summed E-state index contributed by atoms with van der Waals surface area (Å²) in [4.78, 5) is 1.23. The van der Waals surface area contributed by atoms with Gasteiger partial charge in [-0.1, -0.05) is 0 Å². The predicted molar refractivity (Wildman–Crippen MR) is 83.4 cm³/mol. The molecule has 3 rings (SSSR count). The van der Waals surface area contributed by atoms with Crippen molar-refractivity contribution in [2.24, 2.45) is 0 Å². The number of hydrogen-bond acceptors (Lipinski definition) is 5. The Morgan fingerprint density at radius 1 is 1.05 bits per heavy atom. The molecule has 3 N–H and O–H groups in total. The van der Waals surface area contributed by atoms with Gasteiger partial charge in [-0.3, -0.25) is 0 Å². The van der Waals surface area contributed by atoms with Crippen LogP contribution in [0.15, 0.2) is 41.3 Å². The van der Waals surface area contributed by atoms with E-state index in [9.17, 15) is 0 Å². The molecule has 0 aromatic heterocycles. The topological polar surface area (TPSA) is 56.5 Å². The Hall–Kier alpha value is -2.01. The van der Waals surface area contributed by atoms with E-state index in [1.807, 2.05) is 18.2 Å². The van der Waals surface area contributed by atoms with E-state index < -0.39 is 0 Å². The summed E-state index contributed by atoms with van der Waals surface area (Å²) in [6.45, 7) is 1.13. The van der Waals surface area contributed by atoms with Crippen molar-refractivity contribution >= 4 is 28.8 Å². The van der Waals surface area contributed by atoms with Crippen LogP contribution in [-0.4, -0.2) is 19.5 Å². The van der Waals surface area contributed by atoms with Crippen LogP contribution in [0.3, 0.4) is 0 Å². The first-order valence-electron chi connectivity index (χ1n) is 6.36. The standard InChI is InChI=1S/C15H16N2O2S/c1-20-11-4-2-10(3-5-11)17-13-9-15-14(8-12(13)16)18-6-7-19-15/h2-5,8-9,17H,6-7,16H2,1H3. The zero-order valence-corrected chi connectivity index (χ0v) is 12.0. The third-order valence-electron chi connectivity index (χ3n) is 3.08. The summed E-state index contributed by atoms with van der Waals surface area (Å²) in [6.07, 6.45) is 2.06. The third kappa shape index (κ3) is 2.63. The van der Waals surface area contributed by atoms with Crippen molar-refractivity contribution < 1.29 is 9.47 Å². The molecule has 0 saturated heterocycles. The minimum Gasteiger partial charge on any atom is -0.486 e. The Bertz CT molecular complexity index is 614. The van der Waals surface area contributed by atoms with E-state index >= 15 is 0 Å². The van der Waals surface area contributed by atoms with Crippen LogP contribution >= 0.6 is 11.8 Å². The molecular weight excluding hydrogens is 272 g/mol. The average molecular weight is 288 g/mol. The van der Waals surface area contributed by atoms with Gasteiger partial charge in [0.2, 0.25) is 0 Å². The molecule has 0 amide bonds. The number of rotatable bonds is 3. The number of benzene rings is 2. The molecule has 0 bridgehead atoms. The van der Waals surface area contributed by atoms with Gasteiger partial charge in [0.1, 0.15) is 13.2 Å². The maximum Gasteiger partial charge on any atom is 0.163 e. The Kier molecular flexibility index (Phi) is 3.60. The molecule has 0 spiro atoms. The first-order valence-corrected chi connectivity index (χ1v) is 7.59. The lowest BCUT2D eigenvalue weighted by atomic mass is 10.2. The molecule has 104 valence electrons. The number of ether oxygens (including phenoxy) is 2. The molecule has 2 aromatic rings. The fraction of sp³-hybridized carbons (Fsp3) is 0.200. The van der Waals surface area contributed by atoms with E-state index in [0.29, 0.717) is 24.7 Å². The van der Waals surface area contributed by atoms with Crippen molar-refractivity contribution in [2.45, 2.75) is 4.90 Å². The zero-order chi connectivity index (χ0) is 13.9. The summed E-state index contributed by atoms with van der Waals surface area (Å²) in [5, 5.41) is 3.30. The van der Waals surface area contributed by atoms with E-state index in [1.165, 1.54) is 4.90 Å². The van der Waals surface area contributed by atoms with Crippen molar-refractivity contribution in [2.75, 3.05) is 30.5 Å². The van der Waals surface area contributed by atoms with Gasteiger partial charge in [0.05, 0.1) is 11.4 Å². The summed E-state index contributed by atoms with van der Waals surface area (Å²) < 4.78 is 11.1. The normalized spacial score (nSPS) is 13.1. The molecule has 1 aliphatic rings. The second kappa shape index (κ2) is 5.54. The molecule has 5 heteroatoms. The molecule has 4 nitrogen and oxygen atoms in total. The third-order valence-corrected chi connectivity index (χ3v) is 3.83. The lowest BCUT2D eigenvalue weighted by molar-refractivity contribution is 0.172. The van der Waals surface area contributed by atoms with Crippen LogP contribution < -0.4 is 20.5 Å². The van der Waals surface area contributed by atoms with Crippen molar-refractivity contribution in [3.05, 3.63) is 36.4 Å².